The second-order valence-corrected chi connectivity index (χ2v) is 7.15. The number of ether oxygens (including phenoxy) is 1. The highest BCUT2D eigenvalue weighted by atomic mass is 79.9. The molecule has 2 atom stereocenters. The second-order valence-electron chi connectivity index (χ2n) is 5.44. The van der Waals surface area contributed by atoms with E-state index in [4.69, 9.17) is 4.74 Å². The Morgan fingerprint density at radius 2 is 1.80 bits per heavy atom. The average molecular weight is 405 g/mol. The highest BCUT2D eigenvalue weighted by Gasteiger charge is 2.54. The van der Waals surface area contributed by atoms with E-state index in [1.165, 1.54) is 0 Å². The van der Waals surface area contributed by atoms with Crippen LogP contribution in [-0.4, -0.2) is 18.7 Å². The van der Waals surface area contributed by atoms with Crippen LogP contribution in [0.1, 0.15) is 40.0 Å². The highest BCUT2D eigenvalue weighted by molar-refractivity contribution is 9.11. The molecule has 0 bridgehead atoms. The minimum atomic E-state index is 0.255. The van der Waals surface area contributed by atoms with Gasteiger partial charge in [0.1, 0.15) is 11.9 Å². The van der Waals surface area contributed by atoms with Crippen molar-refractivity contribution < 1.29 is 4.74 Å². The number of hydrogen-bond acceptors (Lipinski definition) is 2. The van der Waals surface area contributed by atoms with Gasteiger partial charge in [0.15, 0.2) is 0 Å². The van der Waals surface area contributed by atoms with Crippen molar-refractivity contribution >= 4 is 31.9 Å². The Morgan fingerprint density at radius 3 is 2.30 bits per heavy atom. The van der Waals surface area contributed by atoms with Crippen LogP contribution in [0.25, 0.3) is 0 Å². The van der Waals surface area contributed by atoms with Crippen LogP contribution in [-0.2, 0) is 0 Å². The zero-order chi connectivity index (χ0) is 14.8. The standard InChI is InChI=1S/C16H23Br2NO/c1-4-16(5-2)13(19-6-3)10-14(16)20-15-11(17)8-7-9-12(15)18/h7-9,13-14,19H,4-6,10H2,1-3H3. The van der Waals surface area contributed by atoms with Gasteiger partial charge in [0.2, 0.25) is 0 Å². The first kappa shape index (κ1) is 16.3. The van der Waals surface area contributed by atoms with Gasteiger partial charge in [0, 0.05) is 17.9 Å². The summed E-state index contributed by atoms with van der Waals surface area (Å²) in [7, 11) is 0. The fraction of sp³-hybridized carbons (Fsp3) is 0.625. The van der Waals surface area contributed by atoms with Gasteiger partial charge in [0.25, 0.3) is 0 Å². The lowest BCUT2D eigenvalue weighted by Gasteiger charge is -2.55. The largest absolute Gasteiger partial charge is 0.487 e. The van der Waals surface area contributed by atoms with Crippen molar-refractivity contribution in [2.45, 2.75) is 52.2 Å². The van der Waals surface area contributed by atoms with Crippen molar-refractivity contribution in [1.82, 2.24) is 5.32 Å². The van der Waals surface area contributed by atoms with Crippen LogP contribution in [0.3, 0.4) is 0 Å². The Hall–Kier alpha value is -0.0600. The van der Waals surface area contributed by atoms with Crippen LogP contribution >= 0.6 is 31.9 Å². The molecule has 4 heteroatoms. The molecule has 0 heterocycles. The predicted molar refractivity (Wildman–Crippen MR) is 91.4 cm³/mol. The first-order valence-corrected chi connectivity index (χ1v) is 9.01. The van der Waals surface area contributed by atoms with E-state index in [9.17, 15) is 0 Å². The molecule has 1 aromatic carbocycles. The van der Waals surface area contributed by atoms with E-state index in [0.29, 0.717) is 6.04 Å². The molecule has 0 spiro atoms. The number of benzene rings is 1. The van der Waals surface area contributed by atoms with Crippen LogP contribution < -0.4 is 10.1 Å². The molecule has 1 saturated carbocycles. The lowest BCUT2D eigenvalue weighted by Crippen LogP contribution is -2.64. The fourth-order valence-electron chi connectivity index (χ4n) is 3.38. The van der Waals surface area contributed by atoms with Crippen molar-refractivity contribution in [1.29, 1.82) is 0 Å². The van der Waals surface area contributed by atoms with Crippen LogP contribution in [0.4, 0.5) is 0 Å². The van der Waals surface area contributed by atoms with Gasteiger partial charge in [-0.1, -0.05) is 26.8 Å². The number of para-hydroxylation sites is 1. The zero-order valence-corrected chi connectivity index (χ0v) is 15.6. The minimum Gasteiger partial charge on any atom is -0.487 e. The molecule has 0 saturated heterocycles. The normalized spacial score (nSPS) is 24.2. The second kappa shape index (κ2) is 6.80. The summed E-state index contributed by atoms with van der Waals surface area (Å²) in [6.07, 6.45) is 3.67. The molecule has 1 aliphatic carbocycles. The Morgan fingerprint density at radius 1 is 1.20 bits per heavy atom. The first-order valence-electron chi connectivity index (χ1n) is 7.43. The van der Waals surface area contributed by atoms with Crippen molar-refractivity contribution in [2.24, 2.45) is 5.41 Å². The molecule has 0 aliphatic heterocycles. The van der Waals surface area contributed by atoms with Crippen molar-refractivity contribution in [2.75, 3.05) is 6.54 Å². The maximum atomic E-state index is 6.35. The van der Waals surface area contributed by atoms with Crippen LogP contribution in [0.5, 0.6) is 5.75 Å². The highest BCUT2D eigenvalue weighted by Crippen LogP contribution is 2.50. The van der Waals surface area contributed by atoms with Crippen LogP contribution in [0.2, 0.25) is 0 Å². The third kappa shape index (κ3) is 2.79. The van der Waals surface area contributed by atoms with Gasteiger partial charge in [-0.05, 0) is 63.4 Å². The topological polar surface area (TPSA) is 21.3 Å². The molecule has 2 rings (SSSR count). The number of nitrogens with one attached hydrogen (secondary N) is 1. The van der Waals surface area contributed by atoms with Crippen molar-refractivity contribution in [3.63, 3.8) is 0 Å². The summed E-state index contributed by atoms with van der Waals surface area (Å²) in [4.78, 5) is 0. The number of rotatable bonds is 6. The van der Waals surface area contributed by atoms with Gasteiger partial charge < -0.3 is 10.1 Å². The van der Waals surface area contributed by atoms with E-state index in [2.05, 4.69) is 57.9 Å². The van der Waals surface area contributed by atoms with Gasteiger partial charge in [-0.25, -0.2) is 0 Å². The summed E-state index contributed by atoms with van der Waals surface area (Å²) in [5, 5.41) is 3.62. The quantitative estimate of drug-likeness (QED) is 0.707. The predicted octanol–water partition coefficient (Wildman–Crippen LogP) is 5.15. The summed E-state index contributed by atoms with van der Waals surface area (Å²) in [5.74, 6) is 0.929. The number of halogens is 2. The lowest BCUT2D eigenvalue weighted by atomic mass is 9.58. The first-order chi connectivity index (χ1) is 9.58. The van der Waals surface area contributed by atoms with Crippen LogP contribution in [0, 0.1) is 5.41 Å². The summed E-state index contributed by atoms with van der Waals surface area (Å²) >= 11 is 7.17. The molecule has 2 unspecified atom stereocenters. The zero-order valence-electron chi connectivity index (χ0n) is 12.4. The summed E-state index contributed by atoms with van der Waals surface area (Å²) in [6, 6.07) is 6.64. The average Bonchev–Trinajstić information content (AvgIpc) is 2.42. The molecule has 112 valence electrons. The van der Waals surface area contributed by atoms with Gasteiger partial charge >= 0.3 is 0 Å². The summed E-state index contributed by atoms with van der Waals surface area (Å²) < 4.78 is 8.38. The molecule has 0 radical (unpaired) electrons. The van der Waals surface area contributed by atoms with Crippen molar-refractivity contribution in [3.05, 3.63) is 27.1 Å². The van der Waals surface area contributed by atoms with E-state index >= 15 is 0 Å². The van der Waals surface area contributed by atoms with E-state index in [0.717, 1.165) is 40.5 Å². The van der Waals surface area contributed by atoms with Gasteiger partial charge in [-0.2, -0.15) is 0 Å². The molecule has 0 aromatic heterocycles. The monoisotopic (exact) mass is 403 g/mol. The summed E-state index contributed by atoms with van der Waals surface area (Å²) in [6.45, 7) is 7.75. The third-order valence-corrected chi connectivity index (χ3v) is 5.98. The smallest absolute Gasteiger partial charge is 0.148 e. The minimum absolute atomic E-state index is 0.255. The number of hydrogen-bond donors (Lipinski definition) is 1. The molecular weight excluding hydrogens is 382 g/mol. The Labute approximate surface area is 138 Å². The van der Waals surface area contributed by atoms with Gasteiger partial charge in [-0.15, -0.1) is 0 Å². The van der Waals surface area contributed by atoms with Gasteiger partial charge in [0.05, 0.1) is 8.95 Å². The SMILES string of the molecule is CCNC1CC(Oc2c(Br)cccc2Br)C1(CC)CC. The fourth-order valence-corrected chi connectivity index (χ4v) is 4.57. The molecule has 1 aliphatic rings. The maximum absolute atomic E-state index is 6.35. The Bertz CT molecular complexity index is 440. The van der Waals surface area contributed by atoms with E-state index in [1.807, 2.05) is 18.2 Å². The third-order valence-electron chi connectivity index (χ3n) is 4.73. The van der Waals surface area contributed by atoms with E-state index in [-0.39, 0.29) is 11.5 Å². The van der Waals surface area contributed by atoms with Gasteiger partial charge in [-0.3, -0.25) is 0 Å². The molecule has 2 nitrogen and oxygen atoms in total. The molecule has 1 fully saturated rings. The molecule has 20 heavy (non-hydrogen) atoms. The van der Waals surface area contributed by atoms with E-state index < -0.39 is 0 Å². The van der Waals surface area contributed by atoms with Crippen molar-refractivity contribution in [3.8, 4) is 5.75 Å². The lowest BCUT2D eigenvalue weighted by molar-refractivity contribution is -0.0860. The maximum Gasteiger partial charge on any atom is 0.148 e. The summed E-state index contributed by atoms with van der Waals surface area (Å²) in [5.41, 5.74) is 0.255. The van der Waals surface area contributed by atoms with Crippen LogP contribution in [0.15, 0.2) is 27.1 Å². The molecule has 1 aromatic rings. The Balaban J connectivity index is 2.18. The molecular formula is C16H23Br2NO. The molecule has 1 N–H and O–H groups in total. The Kier molecular flexibility index (Phi) is 5.55. The molecule has 0 amide bonds. The van der Waals surface area contributed by atoms with E-state index in [1.54, 1.807) is 0 Å².